The zero-order chi connectivity index (χ0) is 17.8. The summed E-state index contributed by atoms with van der Waals surface area (Å²) >= 11 is 0. The van der Waals surface area contributed by atoms with Crippen LogP contribution in [0.15, 0.2) is 18.2 Å². The molecule has 1 rings (SSSR count). The molecule has 0 heterocycles. The van der Waals surface area contributed by atoms with Gasteiger partial charge in [-0.2, -0.15) is 13.2 Å². The van der Waals surface area contributed by atoms with Crippen LogP contribution in [0.5, 0.6) is 5.75 Å². The van der Waals surface area contributed by atoms with Gasteiger partial charge in [0.2, 0.25) is 0 Å². The van der Waals surface area contributed by atoms with Crippen molar-refractivity contribution in [3.05, 3.63) is 23.8 Å². The van der Waals surface area contributed by atoms with E-state index in [-0.39, 0.29) is 17.4 Å². The van der Waals surface area contributed by atoms with Gasteiger partial charge in [0.1, 0.15) is 11.4 Å². The summed E-state index contributed by atoms with van der Waals surface area (Å²) in [5.74, 6) is -0.605. The molecule has 0 aliphatic carbocycles. The largest absolute Gasteiger partial charge is 0.496 e. The van der Waals surface area contributed by atoms with Crippen molar-refractivity contribution < 1.29 is 27.4 Å². The van der Waals surface area contributed by atoms with Crippen molar-refractivity contribution in [1.82, 2.24) is 0 Å². The van der Waals surface area contributed by atoms with Crippen LogP contribution in [0.25, 0.3) is 0 Å². The van der Waals surface area contributed by atoms with E-state index in [0.717, 1.165) is 13.2 Å². The van der Waals surface area contributed by atoms with Crippen LogP contribution < -0.4 is 10.1 Å². The molecule has 1 unspecified atom stereocenters. The summed E-state index contributed by atoms with van der Waals surface area (Å²) in [6.45, 7) is 5.47. The third-order valence-corrected chi connectivity index (χ3v) is 3.49. The minimum Gasteiger partial charge on any atom is -0.496 e. The molecule has 0 aliphatic rings. The fraction of sp³-hybridized carbons (Fsp3) is 0.562. The van der Waals surface area contributed by atoms with Crippen molar-refractivity contribution in [3.63, 3.8) is 0 Å². The highest BCUT2D eigenvalue weighted by Gasteiger charge is 2.36. The number of methoxy groups -OCH3 is 2. The molecule has 23 heavy (non-hydrogen) atoms. The Hall–Kier alpha value is -1.76. The molecule has 1 aromatic rings. The van der Waals surface area contributed by atoms with Gasteiger partial charge in [0, 0.05) is 12.8 Å². The zero-order valence-corrected chi connectivity index (χ0v) is 13.9. The van der Waals surface area contributed by atoms with Crippen LogP contribution in [-0.2, 0) is 15.7 Å². The second-order valence-electron chi connectivity index (χ2n) is 5.90. The Labute approximate surface area is 134 Å². The molecule has 0 radical (unpaired) electrons. The average Bonchev–Trinajstić information content (AvgIpc) is 2.45. The van der Waals surface area contributed by atoms with Gasteiger partial charge in [-0.25, -0.2) is 0 Å². The van der Waals surface area contributed by atoms with Gasteiger partial charge in [0.25, 0.3) is 5.91 Å². The van der Waals surface area contributed by atoms with Crippen LogP contribution in [0, 0.1) is 5.92 Å². The summed E-state index contributed by atoms with van der Waals surface area (Å²) in [6, 6.07) is 3.38. The van der Waals surface area contributed by atoms with Gasteiger partial charge in [0.05, 0.1) is 12.7 Å². The highest BCUT2D eigenvalue weighted by Crippen LogP contribution is 2.38. The standard InChI is InChI=1S/C16H22F3NO3/c1-10(2)9-15(3,23-5)14(21)20-11-6-7-13(22-4)12(8-11)16(17,18)19/h6-8,10H,9H2,1-5H3,(H,20,21). The average molecular weight is 333 g/mol. The summed E-state index contributed by atoms with van der Waals surface area (Å²) in [7, 11) is 2.56. The third-order valence-electron chi connectivity index (χ3n) is 3.49. The molecule has 1 atom stereocenters. The highest BCUT2D eigenvalue weighted by atomic mass is 19.4. The quantitative estimate of drug-likeness (QED) is 0.852. The van der Waals surface area contributed by atoms with Crippen molar-refractivity contribution in [2.75, 3.05) is 19.5 Å². The molecule has 1 N–H and O–H groups in total. The number of hydrogen-bond acceptors (Lipinski definition) is 3. The molecule has 0 spiro atoms. The topological polar surface area (TPSA) is 47.6 Å². The number of benzene rings is 1. The van der Waals surface area contributed by atoms with E-state index >= 15 is 0 Å². The Bertz CT molecular complexity index is 558. The monoisotopic (exact) mass is 333 g/mol. The number of carbonyl (C=O) groups excluding carboxylic acids is 1. The van der Waals surface area contributed by atoms with E-state index in [1.54, 1.807) is 6.92 Å². The van der Waals surface area contributed by atoms with Crippen LogP contribution in [0.4, 0.5) is 18.9 Å². The molecule has 4 nitrogen and oxygen atoms in total. The number of halogens is 3. The van der Waals surface area contributed by atoms with Crippen molar-refractivity contribution in [1.29, 1.82) is 0 Å². The maximum Gasteiger partial charge on any atom is 0.420 e. The van der Waals surface area contributed by atoms with E-state index in [0.29, 0.717) is 6.42 Å². The van der Waals surface area contributed by atoms with Crippen molar-refractivity contribution in [2.24, 2.45) is 5.92 Å². The number of hydrogen-bond donors (Lipinski definition) is 1. The van der Waals surface area contributed by atoms with Crippen LogP contribution in [-0.4, -0.2) is 25.7 Å². The molecule has 1 amide bonds. The molecule has 0 saturated heterocycles. The number of anilines is 1. The van der Waals surface area contributed by atoms with Gasteiger partial charge >= 0.3 is 6.18 Å². The Kier molecular flexibility index (Phi) is 6.04. The number of carbonyl (C=O) groups is 1. The van der Waals surface area contributed by atoms with Crippen molar-refractivity contribution in [2.45, 2.75) is 39.0 Å². The Balaban J connectivity index is 3.07. The summed E-state index contributed by atoms with van der Waals surface area (Å²) < 4.78 is 49.0. The minimum atomic E-state index is -4.57. The first-order valence-corrected chi connectivity index (χ1v) is 7.15. The smallest absolute Gasteiger partial charge is 0.420 e. The molecular formula is C16H22F3NO3. The van der Waals surface area contributed by atoms with Gasteiger partial charge in [-0.05, 0) is 37.5 Å². The first kappa shape index (κ1) is 19.3. The van der Waals surface area contributed by atoms with Gasteiger partial charge in [-0.15, -0.1) is 0 Å². The Morgan fingerprint density at radius 3 is 2.30 bits per heavy atom. The second kappa shape index (κ2) is 7.21. The summed E-state index contributed by atoms with van der Waals surface area (Å²) in [5.41, 5.74) is -2.03. The van der Waals surface area contributed by atoms with Crippen LogP contribution in [0.2, 0.25) is 0 Å². The van der Waals surface area contributed by atoms with Crippen LogP contribution in [0.3, 0.4) is 0 Å². The number of rotatable bonds is 6. The van der Waals surface area contributed by atoms with E-state index in [2.05, 4.69) is 5.32 Å². The number of nitrogens with one attached hydrogen (secondary N) is 1. The van der Waals surface area contributed by atoms with Crippen LogP contribution in [0.1, 0.15) is 32.8 Å². The lowest BCUT2D eigenvalue weighted by atomic mass is 9.93. The van der Waals surface area contributed by atoms with E-state index in [1.807, 2.05) is 13.8 Å². The first-order chi connectivity index (χ1) is 10.5. The van der Waals surface area contributed by atoms with Gasteiger partial charge in [-0.1, -0.05) is 13.8 Å². The fourth-order valence-corrected chi connectivity index (χ4v) is 2.32. The lowest BCUT2D eigenvalue weighted by Crippen LogP contribution is -2.43. The molecule has 130 valence electrons. The molecule has 0 aromatic heterocycles. The van der Waals surface area contributed by atoms with Crippen molar-refractivity contribution >= 4 is 11.6 Å². The second-order valence-corrected chi connectivity index (χ2v) is 5.90. The number of ether oxygens (including phenoxy) is 2. The lowest BCUT2D eigenvalue weighted by molar-refractivity contribution is -0.139. The summed E-state index contributed by atoms with van der Waals surface area (Å²) in [6.07, 6.45) is -4.13. The van der Waals surface area contributed by atoms with E-state index in [4.69, 9.17) is 9.47 Å². The van der Waals surface area contributed by atoms with Gasteiger partial charge in [0.15, 0.2) is 0 Å². The van der Waals surface area contributed by atoms with E-state index in [9.17, 15) is 18.0 Å². The predicted molar refractivity (Wildman–Crippen MR) is 81.5 cm³/mol. The number of amides is 1. The minimum absolute atomic E-state index is 0.0372. The maximum absolute atomic E-state index is 13.0. The fourth-order valence-electron chi connectivity index (χ4n) is 2.32. The number of alkyl halides is 3. The molecule has 0 fully saturated rings. The molecule has 0 saturated carbocycles. The molecule has 0 bridgehead atoms. The SMILES string of the molecule is COc1ccc(NC(=O)C(C)(CC(C)C)OC)cc1C(F)(F)F. The van der Waals surface area contributed by atoms with Gasteiger partial charge < -0.3 is 14.8 Å². The highest BCUT2D eigenvalue weighted by molar-refractivity contribution is 5.97. The molecule has 7 heteroatoms. The third kappa shape index (κ3) is 4.86. The van der Waals surface area contributed by atoms with Gasteiger partial charge in [-0.3, -0.25) is 4.79 Å². The Morgan fingerprint density at radius 1 is 1.26 bits per heavy atom. The molecule has 1 aromatic carbocycles. The van der Waals surface area contributed by atoms with E-state index in [1.165, 1.54) is 19.2 Å². The summed E-state index contributed by atoms with van der Waals surface area (Å²) in [4.78, 5) is 12.4. The zero-order valence-electron chi connectivity index (χ0n) is 13.9. The molecule has 0 aliphatic heterocycles. The predicted octanol–water partition coefficient (Wildman–Crippen LogP) is 4.10. The summed E-state index contributed by atoms with van der Waals surface area (Å²) in [5, 5.41) is 2.48. The molecular weight excluding hydrogens is 311 g/mol. The van der Waals surface area contributed by atoms with Crippen LogP contribution >= 0.6 is 0 Å². The lowest BCUT2D eigenvalue weighted by Gasteiger charge is -2.28. The van der Waals surface area contributed by atoms with Crippen molar-refractivity contribution in [3.8, 4) is 5.75 Å². The van der Waals surface area contributed by atoms with E-state index < -0.39 is 23.2 Å². The normalized spacial score (nSPS) is 14.5. The maximum atomic E-state index is 13.0. The Morgan fingerprint density at radius 2 is 1.87 bits per heavy atom. The first-order valence-electron chi connectivity index (χ1n) is 7.15.